The summed E-state index contributed by atoms with van der Waals surface area (Å²) in [6.45, 7) is 2.36. The molecule has 172 valence electrons. The lowest BCUT2D eigenvalue weighted by atomic mass is 9.98. The van der Waals surface area contributed by atoms with Gasteiger partial charge in [-0.25, -0.2) is 8.42 Å². The number of carbonyl (C=O) groups excluding carboxylic acids is 2. The molecule has 0 aromatic heterocycles. The molecule has 1 heterocycles. The minimum Gasteiger partial charge on any atom is -0.497 e. The van der Waals surface area contributed by atoms with Gasteiger partial charge in [0.15, 0.2) is 0 Å². The fourth-order valence-corrected chi connectivity index (χ4v) is 4.92. The lowest BCUT2D eigenvalue weighted by Gasteiger charge is -2.30. The van der Waals surface area contributed by atoms with E-state index in [2.05, 4.69) is 10.9 Å². The third-order valence-corrected chi connectivity index (χ3v) is 7.31. The molecule has 9 nitrogen and oxygen atoms in total. The van der Waals surface area contributed by atoms with Crippen molar-refractivity contribution in [1.82, 2.24) is 15.2 Å². The number of hydrazine groups is 1. The van der Waals surface area contributed by atoms with Crippen molar-refractivity contribution in [3.63, 3.8) is 0 Å². The second kappa shape index (κ2) is 10.0. The van der Waals surface area contributed by atoms with Gasteiger partial charge in [-0.05, 0) is 44.0 Å². The minimum atomic E-state index is -3.59. The van der Waals surface area contributed by atoms with Gasteiger partial charge in [-0.3, -0.25) is 20.4 Å². The van der Waals surface area contributed by atoms with E-state index >= 15 is 0 Å². The van der Waals surface area contributed by atoms with E-state index in [1.807, 2.05) is 6.92 Å². The van der Waals surface area contributed by atoms with Crippen LogP contribution >= 0.6 is 0 Å². The highest BCUT2D eigenvalue weighted by atomic mass is 32.2. The van der Waals surface area contributed by atoms with Crippen LogP contribution in [0.4, 0.5) is 0 Å². The molecule has 10 heteroatoms. The number of carbonyl (C=O) groups is 2. The van der Waals surface area contributed by atoms with Crippen LogP contribution in [0.2, 0.25) is 0 Å². The number of ether oxygens (including phenoxy) is 2. The molecule has 2 amide bonds. The van der Waals surface area contributed by atoms with Gasteiger partial charge >= 0.3 is 0 Å². The summed E-state index contributed by atoms with van der Waals surface area (Å²) in [5, 5.41) is 0. The Balaban J connectivity index is 1.55. The Labute approximate surface area is 187 Å². The average Bonchev–Trinajstić information content (AvgIpc) is 2.82. The smallest absolute Gasteiger partial charge is 0.269 e. The van der Waals surface area contributed by atoms with E-state index in [0.29, 0.717) is 24.3 Å². The third kappa shape index (κ3) is 5.38. The van der Waals surface area contributed by atoms with Crippen LogP contribution in [-0.4, -0.2) is 51.8 Å². The zero-order chi connectivity index (χ0) is 23.3. The van der Waals surface area contributed by atoms with E-state index in [1.54, 1.807) is 30.3 Å². The van der Waals surface area contributed by atoms with Crippen molar-refractivity contribution in [3.8, 4) is 11.5 Å². The highest BCUT2D eigenvalue weighted by Gasteiger charge is 2.32. The quantitative estimate of drug-likeness (QED) is 0.635. The number of hydrogen-bond acceptors (Lipinski definition) is 6. The van der Waals surface area contributed by atoms with Gasteiger partial charge in [0, 0.05) is 30.6 Å². The summed E-state index contributed by atoms with van der Waals surface area (Å²) in [4.78, 5) is 25.2. The molecule has 0 bridgehead atoms. The molecule has 0 aliphatic carbocycles. The average molecular weight is 462 g/mol. The summed E-state index contributed by atoms with van der Waals surface area (Å²) >= 11 is 0. The van der Waals surface area contributed by atoms with Gasteiger partial charge in [0.2, 0.25) is 15.9 Å². The van der Waals surface area contributed by atoms with E-state index < -0.39 is 21.8 Å². The first-order chi connectivity index (χ1) is 15.2. The van der Waals surface area contributed by atoms with Crippen molar-refractivity contribution in [2.24, 2.45) is 5.92 Å². The topological polar surface area (TPSA) is 114 Å². The second-order valence-electron chi connectivity index (χ2n) is 7.54. The lowest BCUT2D eigenvalue weighted by Crippen LogP contribution is -2.48. The molecule has 2 aromatic carbocycles. The van der Waals surface area contributed by atoms with Crippen molar-refractivity contribution < 1.29 is 27.5 Å². The standard InChI is InChI=1S/C22H27N3O6S/c1-15-4-6-20(7-5-15)32(28,29)25-10-8-16(9-11-25)21(26)23-24-22(27)17-12-18(30-2)14-19(13-17)31-3/h4-7,12-14,16H,8-11H2,1-3H3,(H,23,26)(H,24,27). The number of methoxy groups -OCH3 is 2. The Hall–Kier alpha value is -3.11. The molecule has 0 atom stereocenters. The number of aryl methyl sites for hydroxylation is 1. The van der Waals surface area contributed by atoms with E-state index in [4.69, 9.17) is 9.47 Å². The van der Waals surface area contributed by atoms with Gasteiger partial charge in [0.05, 0.1) is 19.1 Å². The van der Waals surface area contributed by atoms with Gasteiger partial charge in [-0.2, -0.15) is 4.31 Å². The molecule has 0 radical (unpaired) electrons. The molecule has 2 aromatic rings. The summed E-state index contributed by atoms with van der Waals surface area (Å²) in [5.74, 6) is -0.388. The summed E-state index contributed by atoms with van der Waals surface area (Å²) in [7, 11) is -0.643. The highest BCUT2D eigenvalue weighted by Crippen LogP contribution is 2.25. The van der Waals surface area contributed by atoms with Crippen LogP contribution in [0.1, 0.15) is 28.8 Å². The molecule has 2 N–H and O–H groups in total. The molecule has 1 aliphatic heterocycles. The van der Waals surface area contributed by atoms with Crippen LogP contribution in [0.3, 0.4) is 0 Å². The summed E-state index contributed by atoms with van der Waals surface area (Å²) < 4.78 is 37.3. The number of nitrogens with zero attached hydrogens (tertiary/aromatic N) is 1. The molecule has 32 heavy (non-hydrogen) atoms. The lowest BCUT2D eigenvalue weighted by molar-refractivity contribution is -0.126. The Bertz CT molecular complexity index is 1060. The molecule has 1 saturated heterocycles. The fourth-order valence-electron chi connectivity index (χ4n) is 3.45. The van der Waals surface area contributed by atoms with Gasteiger partial charge in [0.25, 0.3) is 5.91 Å². The van der Waals surface area contributed by atoms with E-state index in [-0.39, 0.29) is 29.5 Å². The van der Waals surface area contributed by atoms with Crippen LogP contribution in [0.15, 0.2) is 47.4 Å². The Morgan fingerprint density at radius 3 is 2.03 bits per heavy atom. The largest absolute Gasteiger partial charge is 0.497 e. The molecule has 1 fully saturated rings. The normalized spacial score (nSPS) is 15.1. The Kier molecular flexibility index (Phi) is 7.37. The maximum absolute atomic E-state index is 12.8. The fraction of sp³-hybridized carbons (Fsp3) is 0.364. The van der Waals surface area contributed by atoms with Crippen molar-refractivity contribution in [2.75, 3.05) is 27.3 Å². The van der Waals surface area contributed by atoms with Crippen LogP contribution in [0.5, 0.6) is 11.5 Å². The van der Waals surface area contributed by atoms with Crippen molar-refractivity contribution in [3.05, 3.63) is 53.6 Å². The van der Waals surface area contributed by atoms with Crippen molar-refractivity contribution in [1.29, 1.82) is 0 Å². The van der Waals surface area contributed by atoms with Gasteiger partial charge in [0.1, 0.15) is 11.5 Å². The van der Waals surface area contributed by atoms with Crippen LogP contribution in [-0.2, 0) is 14.8 Å². The van der Waals surface area contributed by atoms with E-state index in [0.717, 1.165) is 5.56 Å². The first-order valence-corrected chi connectivity index (χ1v) is 11.6. The van der Waals surface area contributed by atoms with Crippen LogP contribution in [0, 0.1) is 12.8 Å². The zero-order valence-electron chi connectivity index (χ0n) is 18.3. The molecule has 0 unspecified atom stereocenters. The predicted molar refractivity (Wildman–Crippen MR) is 118 cm³/mol. The maximum Gasteiger partial charge on any atom is 0.269 e. The number of sulfonamides is 1. The second-order valence-corrected chi connectivity index (χ2v) is 9.47. The van der Waals surface area contributed by atoms with E-state index in [9.17, 15) is 18.0 Å². The summed E-state index contributed by atoms with van der Waals surface area (Å²) in [5.41, 5.74) is 6.06. The van der Waals surface area contributed by atoms with E-state index in [1.165, 1.54) is 30.7 Å². The maximum atomic E-state index is 12.8. The molecular formula is C22H27N3O6S. The summed E-state index contributed by atoms with van der Waals surface area (Å²) in [6.07, 6.45) is 0.722. The van der Waals surface area contributed by atoms with Gasteiger partial charge in [-0.15, -0.1) is 0 Å². The first-order valence-electron chi connectivity index (χ1n) is 10.1. The number of benzene rings is 2. The summed E-state index contributed by atoms with van der Waals surface area (Å²) in [6, 6.07) is 11.4. The SMILES string of the molecule is COc1cc(OC)cc(C(=O)NNC(=O)C2CCN(S(=O)(=O)c3ccc(C)cc3)CC2)c1. The highest BCUT2D eigenvalue weighted by molar-refractivity contribution is 7.89. The van der Waals surface area contributed by atoms with Gasteiger partial charge < -0.3 is 9.47 Å². The Morgan fingerprint density at radius 1 is 0.938 bits per heavy atom. The minimum absolute atomic E-state index is 0.231. The number of nitrogens with one attached hydrogen (secondary N) is 2. The van der Waals surface area contributed by atoms with Crippen molar-refractivity contribution >= 4 is 21.8 Å². The van der Waals surface area contributed by atoms with Crippen LogP contribution < -0.4 is 20.3 Å². The Morgan fingerprint density at radius 2 is 1.50 bits per heavy atom. The molecule has 1 aliphatic rings. The molecule has 0 saturated carbocycles. The number of rotatable bonds is 6. The third-order valence-electron chi connectivity index (χ3n) is 5.40. The predicted octanol–water partition coefficient (Wildman–Crippen LogP) is 1.87. The number of piperidine rings is 1. The van der Waals surface area contributed by atoms with Gasteiger partial charge in [-0.1, -0.05) is 17.7 Å². The zero-order valence-corrected chi connectivity index (χ0v) is 19.1. The number of hydrogen-bond donors (Lipinski definition) is 2. The number of amides is 2. The van der Waals surface area contributed by atoms with Crippen molar-refractivity contribution in [2.45, 2.75) is 24.7 Å². The monoisotopic (exact) mass is 461 g/mol. The molecule has 0 spiro atoms. The van der Waals surface area contributed by atoms with Crippen LogP contribution in [0.25, 0.3) is 0 Å². The molecular weight excluding hydrogens is 434 g/mol. The first kappa shape index (κ1) is 23.6. The molecule has 3 rings (SSSR count).